The Kier molecular flexibility index (Phi) is 4.36. The highest BCUT2D eigenvalue weighted by atomic mass is 16.4. The largest absolute Gasteiger partial charge is 0.478 e. The van der Waals surface area contributed by atoms with Crippen molar-refractivity contribution in [2.75, 3.05) is 13.1 Å². The number of hydrogen-bond acceptors (Lipinski definition) is 2. The highest BCUT2D eigenvalue weighted by Gasteiger charge is 2.04. The van der Waals surface area contributed by atoms with E-state index < -0.39 is 5.97 Å². The molecule has 1 aromatic heterocycles. The van der Waals surface area contributed by atoms with Crippen molar-refractivity contribution in [3.8, 4) is 0 Å². The lowest BCUT2D eigenvalue weighted by atomic mass is 10.1. The van der Waals surface area contributed by atoms with Crippen LogP contribution in [0.15, 0.2) is 42.6 Å². The van der Waals surface area contributed by atoms with Crippen LogP contribution in [0.25, 0.3) is 10.9 Å². The maximum atomic E-state index is 10.3. The first-order valence-corrected chi connectivity index (χ1v) is 6.31. The molecular formula is C15H18N2O2. The molecule has 0 aliphatic rings. The highest BCUT2D eigenvalue weighted by molar-refractivity contribution is 5.83. The van der Waals surface area contributed by atoms with E-state index in [0.29, 0.717) is 6.54 Å². The van der Waals surface area contributed by atoms with Crippen molar-refractivity contribution in [3.05, 3.63) is 48.2 Å². The van der Waals surface area contributed by atoms with Gasteiger partial charge in [-0.25, -0.2) is 4.79 Å². The van der Waals surface area contributed by atoms with E-state index in [0.717, 1.165) is 19.0 Å². The number of benzene rings is 1. The molecule has 0 saturated carbocycles. The molecule has 0 aliphatic carbocycles. The maximum Gasteiger partial charge on any atom is 0.328 e. The number of fused-ring (bicyclic) bond motifs is 1. The SMILES string of the molecule is Cn1cc(CCNC/C=C/C(=O)O)c2ccccc21. The normalized spacial score (nSPS) is 11.4. The lowest BCUT2D eigenvalue weighted by Gasteiger charge is -2.00. The molecule has 0 radical (unpaired) electrons. The van der Waals surface area contributed by atoms with Crippen LogP contribution in [-0.2, 0) is 18.3 Å². The fourth-order valence-corrected chi connectivity index (χ4v) is 2.19. The Morgan fingerprint density at radius 2 is 2.21 bits per heavy atom. The van der Waals surface area contributed by atoms with Crippen LogP contribution < -0.4 is 5.32 Å². The molecular weight excluding hydrogens is 240 g/mol. The van der Waals surface area contributed by atoms with Gasteiger partial charge >= 0.3 is 5.97 Å². The monoisotopic (exact) mass is 258 g/mol. The topological polar surface area (TPSA) is 54.3 Å². The average Bonchev–Trinajstić information content (AvgIpc) is 2.71. The van der Waals surface area contributed by atoms with E-state index in [9.17, 15) is 4.79 Å². The number of nitrogens with zero attached hydrogens (tertiary/aromatic N) is 1. The lowest BCUT2D eigenvalue weighted by molar-refractivity contribution is -0.131. The van der Waals surface area contributed by atoms with Gasteiger partial charge in [-0.1, -0.05) is 24.3 Å². The highest BCUT2D eigenvalue weighted by Crippen LogP contribution is 2.20. The summed E-state index contributed by atoms with van der Waals surface area (Å²) >= 11 is 0. The Balaban J connectivity index is 1.90. The number of para-hydroxylation sites is 1. The molecule has 19 heavy (non-hydrogen) atoms. The van der Waals surface area contributed by atoms with Crippen LogP contribution >= 0.6 is 0 Å². The molecule has 0 saturated heterocycles. The van der Waals surface area contributed by atoms with E-state index in [2.05, 4.69) is 41.3 Å². The third kappa shape index (κ3) is 3.45. The van der Waals surface area contributed by atoms with Gasteiger partial charge in [-0.2, -0.15) is 0 Å². The van der Waals surface area contributed by atoms with Gasteiger partial charge in [0.25, 0.3) is 0 Å². The number of aromatic nitrogens is 1. The molecule has 2 rings (SSSR count). The summed E-state index contributed by atoms with van der Waals surface area (Å²) < 4.78 is 2.13. The summed E-state index contributed by atoms with van der Waals surface area (Å²) in [5.41, 5.74) is 2.55. The second-order valence-corrected chi connectivity index (χ2v) is 4.48. The molecule has 0 aliphatic heterocycles. The van der Waals surface area contributed by atoms with Crippen LogP contribution in [0.1, 0.15) is 5.56 Å². The van der Waals surface area contributed by atoms with Gasteiger partial charge in [0.05, 0.1) is 0 Å². The minimum atomic E-state index is -0.907. The third-order valence-electron chi connectivity index (χ3n) is 3.07. The summed E-state index contributed by atoms with van der Waals surface area (Å²) in [5.74, 6) is -0.907. The molecule has 1 aromatic carbocycles. The molecule has 100 valence electrons. The van der Waals surface area contributed by atoms with Crippen LogP contribution in [-0.4, -0.2) is 28.7 Å². The number of nitrogens with one attached hydrogen (secondary N) is 1. The first-order chi connectivity index (χ1) is 9.18. The van der Waals surface area contributed by atoms with E-state index in [1.807, 2.05) is 6.07 Å². The van der Waals surface area contributed by atoms with Crippen LogP contribution in [0.4, 0.5) is 0 Å². The van der Waals surface area contributed by atoms with Crippen molar-refractivity contribution >= 4 is 16.9 Å². The van der Waals surface area contributed by atoms with Gasteiger partial charge in [0.15, 0.2) is 0 Å². The average molecular weight is 258 g/mol. The van der Waals surface area contributed by atoms with Gasteiger partial charge in [0.2, 0.25) is 0 Å². The zero-order valence-corrected chi connectivity index (χ0v) is 11.0. The van der Waals surface area contributed by atoms with Crippen LogP contribution in [0.5, 0.6) is 0 Å². The second-order valence-electron chi connectivity index (χ2n) is 4.48. The predicted octanol–water partition coefficient (Wildman–Crippen LogP) is 1.95. The number of carboxylic acids is 1. The quantitative estimate of drug-likeness (QED) is 0.615. The summed E-state index contributed by atoms with van der Waals surface area (Å²) in [7, 11) is 2.05. The van der Waals surface area contributed by atoms with Crippen molar-refractivity contribution in [3.63, 3.8) is 0 Å². The van der Waals surface area contributed by atoms with E-state index in [4.69, 9.17) is 5.11 Å². The fourth-order valence-electron chi connectivity index (χ4n) is 2.19. The van der Waals surface area contributed by atoms with Crippen molar-refractivity contribution in [1.29, 1.82) is 0 Å². The Morgan fingerprint density at radius 3 is 3.00 bits per heavy atom. The fraction of sp³-hybridized carbons (Fsp3) is 0.267. The number of hydrogen-bond donors (Lipinski definition) is 2. The van der Waals surface area contributed by atoms with Crippen molar-refractivity contribution < 1.29 is 9.90 Å². The van der Waals surface area contributed by atoms with E-state index in [1.165, 1.54) is 16.5 Å². The molecule has 2 aromatic rings. The van der Waals surface area contributed by atoms with Crippen LogP contribution in [0.3, 0.4) is 0 Å². The van der Waals surface area contributed by atoms with Crippen molar-refractivity contribution in [2.24, 2.45) is 7.05 Å². The molecule has 1 heterocycles. The van der Waals surface area contributed by atoms with Gasteiger partial charge in [-0.3, -0.25) is 0 Å². The van der Waals surface area contributed by atoms with Gasteiger partial charge in [-0.05, 0) is 24.6 Å². The predicted molar refractivity (Wildman–Crippen MR) is 76.3 cm³/mol. The molecule has 4 nitrogen and oxygen atoms in total. The maximum absolute atomic E-state index is 10.3. The minimum absolute atomic E-state index is 0.580. The first kappa shape index (κ1) is 13.4. The summed E-state index contributed by atoms with van der Waals surface area (Å²) in [5, 5.41) is 12.9. The zero-order chi connectivity index (χ0) is 13.7. The van der Waals surface area contributed by atoms with Gasteiger partial charge in [-0.15, -0.1) is 0 Å². The summed E-state index contributed by atoms with van der Waals surface area (Å²) in [6, 6.07) is 8.34. The first-order valence-electron chi connectivity index (χ1n) is 6.31. The van der Waals surface area contributed by atoms with Crippen molar-refractivity contribution in [2.45, 2.75) is 6.42 Å². The molecule has 0 bridgehead atoms. The minimum Gasteiger partial charge on any atom is -0.478 e. The standard InChI is InChI=1S/C15H18N2O2/c1-17-11-12(13-5-2-3-6-14(13)17)8-10-16-9-4-7-15(18)19/h2-7,11,16H,8-10H2,1H3,(H,18,19)/b7-4+. The number of rotatable bonds is 6. The smallest absolute Gasteiger partial charge is 0.328 e. The Labute approximate surface area is 112 Å². The van der Waals surface area contributed by atoms with Gasteiger partial charge in [0, 0.05) is 36.8 Å². The summed E-state index contributed by atoms with van der Waals surface area (Å²) in [6.07, 6.45) is 5.86. The molecule has 0 atom stereocenters. The van der Waals surface area contributed by atoms with Crippen LogP contribution in [0.2, 0.25) is 0 Å². The van der Waals surface area contributed by atoms with Gasteiger partial charge in [0.1, 0.15) is 0 Å². The molecule has 4 heteroatoms. The van der Waals surface area contributed by atoms with E-state index >= 15 is 0 Å². The van der Waals surface area contributed by atoms with Crippen molar-refractivity contribution in [1.82, 2.24) is 9.88 Å². The molecule has 0 unspecified atom stereocenters. The van der Waals surface area contributed by atoms with Crippen LogP contribution in [0, 0.1) is 0 Å². The number of aliphatic carboxylic acids is 1. The molecule has 2 N–H and O–H groups in total. The molecule has 0 spiro atoms. The molecule has 0 amide bonds. The number of aryl methyl sites for hydroxylation is 1. The summed E-state index contributed by atoms with van der Waals surface area (Å²) in [4.78, 5) is 10.3. The lowest BCUT2D eigenvalue weighted by Crippen LogP contribution is -2.17. The number of carboxylic acid groups (broad SMARTS) is 1. The molecule has 0 fully saturated rings. The summed E-state index contributed by atoms with van der Waals surface area (Å²) in [6.45, 7) is 1.41. The third-order valence-corrected chi connectivity index (χ3v) is 3.07. The van der Waals surface area contributed by atoms with E-state index in [1.54, 1.807) is 6.08 Å². The Morgan fingerprint density at radius 1 is 1.42 bits per heavy atom. The second kappa shape index (κ2) is 6.20. The Bertz CT molecular complexity index is 599. The van der Waals surface area contributed by atoms with Gasteiger partial charge < -0.3 is 15.0 Å². The van der Waals surface area contributed by atoms with E-state index in [-0.39, 0.29) is 0 Å². The number of carbonyl (C=O) groups is 1. The Hall–Kier alpha value is -2.07. The zero-order valence-electron chi connectivity index (χ0n) is 11.0.